The summed E-state index contributed by atoms with van der Waals surface area (Å²) in [6, 6.07) is 3.61. The molecule has 1 unspecified atom stereocenters. The fourth-order valence-electron chi connectivity index (χ4n) is 2.42. The van der Waals surface area contributed by atoms with Gasteiger partial charge in [-0.25, -0.2) is 8.78 Å². The molecule has 0 aromatic heterocycles. The number of benzene rings is 1. The zero-order chi connectivity index (χ0) is 14.5. The molecule has 0 radical (unpaired) electrons. The molecule has 1 aromatic rings. The zero-order valence-corrected chi connectivity index (χ0v) is 11.2. The number of halogens is 2. The maximum Gasteiger partial charge on any atom is 0.131 e. The van der Waals surface area contributed by atoms with E-state index < -0.39 is 17.7 Å². The van der Waals surface area contributed by atoms with Gasteiger partial charge in [-0.2, -0.15) is 0 Å². The van der Waals surface area contributed by atoms with E-state index in [9.17, 15) is 13.9 Å². The molecule has 1 fully saturated rings. The van der Waals surface area contributed by atoms with Gasteiger partial charge in [0, 0.05) is 32.7 Å². The van der Waals surface area contributed by atoms with E-state index in [0.29, 0.717) is 6.54 Å². The Morgan fingerprint density at radius 1 is 1.15 bits per heavy atom. The monoisotopic (exact) mass is 280 g/mol. The highest BCUT2D eigenvalue weighted by Crippen LogP contribution is 2.21. The van der Waals surface area contributed by atoms with Crippen LogP contribution in [0, 0.1) is 24.0 Å². The first-order valence-electron chi connectivity index (χ1n) is 6.62. The van der Waals surface area contributed by atoms with E-state index in [-0.39, 0.29) is 12.1 Å². The maximum absolute atomic E-state index is 13.6. The molecule has 1 saturated heterocycles. The Hall–Kier alpha value is -1.48. The van der Waals surface area contributed by atoms with Crippen LogP contribution in [0.15, 0.2) is 18.2 Å². The molecule has 1 N–H and O–H groups in total. The predicted molar refractivity (Wildman–Crippen MR) is 73.0 cm³/mol. The second-order valence-electron chi connectivity index (χ2n) is 4.93. The van der Waals surface area contributed by atoms with Gasteiger partial charge in [0.15, 0.2) is 0 Å². The number of terminal acetylenes is 1. The summed E-state index contributed by atoms with van der Waals surface area (Å²) >= 11 is 0. The van der Waals surface area contributed by atoms with Crippen molar-refractivity contribution < 1.29 is 13.9 Å². The number of hydrogen-bond acceptors (Lipinski definition) is 3. The van der Waals surface area contributed by atoms with Crippen LogP contribution in [0.25, 0.3) is 0 Å². The van der Waals surface area contributed by atoms with E-state index in [2.05, 4.69) is 10.8 Å². The highest BCUT2D eigenvalue weighted by atomic mass is 19.1. The highest BCUT2D eigenvalue weighted by Gasteiger charge is 2.23. The molecule has 1 atom stereocenters. The number of piperazine rings is 1. The lowest BCUT2D eigenvalue weighted by Crippen LogP contribution is -2.47. The molecule has 0 amide bonds. The van der Waals surface area contributed by atoms with Crippen molar-refractivity contribution in [2.24, 2.45) is 0 Å². The van der Waals surface area contributed by atoms with Crippen molar-refractivity contribution in [1.82, 2.24) is 9.80 Å². The summed E-state index contributed by atoms with van der Waals surface area (Å²) in [5.41, 5.74) is -0.251. The van der Waals surface area contributed by atoms with Gasteiger partial charge in [0.2, 0.25) is 0 Å². The standard InChI is InChI=1S/C15H18F2N2O/c1-2-6-18-7-9-19(10-8-18)11-14(20)15-12(16)4-3-5-13(15)17/h1,3-5,14,20H,6-11H2. The molecule has 2 rings (SSSR count). The van der Waals surface area contributed by atoms with Crippen molar-refractivity contribution >= 4 is 0 Å². The third kappa shape index (κ3) is 3.54. The Bertz CT molecular complexity index is 473. The van der Waals surface area contributed by atoms with Crippen LogP contribution in [0.4, 0.5) is 8.78 Å². The first-order valence-corrected chi connectivity index (χ1v) is 6.62. The fraction of sp³-hybridized carbons (Fsp3) is 0.467. The van der Waals surface area contributed by atoms with Crippen LogP contribution in [0.3, 0.4) is 0 Å². The number of nitrogens with zero attached hydrogens (tertiary/aromatic N) is 2. The normalized spacial score (nSPS) is 18.7. The Morgan fingerprint density at radius 3 is 2.25 bits per heavy atom. The summed E-state index contributed by atoms with van der Waals surface area (Å²) in [5, 5.41) is 10.0. The number of β-amino-alcohol motifs (C(OH)–C–C–N with tert-alkyl or cyclic N) is 1. The van der Waals surface area contributed by atoms with Crippen LogP contribution in [-0.2, 0) is 0 Å². The Labute approximate surface area is 117 Å². The van der Waals surface area contributed by atoms with Crippen molar-refractivity contribution in [1.29, 1.82) is 0 Å². The molecule has 20 heavy (non-hydrogen) atoms. The van der Waals surface area contributed by atoms with Gasteiger partial charge in [-0.05, 0) is 12.1 Å². The number of hydrogen-bond donors (Lipinski definition) is 1. The number of aliphatic hydroxyl groups is 1. The Morgan fingerprint density at radius 2 is 1.70 bits per heavy atom. The molecule has 1 aliphatic rings. The molecular weight excluding hydrogens is 262 g/mol. The van der Waals surface area contributed by atoms with Crippen molar-refractivity contribution in [3.8, 4) is 12.3 Å². The summed E-state index contributed by atoms with van der Waals surface area (Å²) in [7, 11) is 0. The van der Waals surface area contributed by atoms with Gasteiger partial charge in [0.25, 0.3) is 0 Å². The molecule has 1 aromatic carbocycles. The van der Waals surface area contributed by atoms with Gasteiger partial charge in [0.05, 0.1) is 18.2 Å². The lowest BCUT2D eigenvalue weighted by Gasteiger charge is -2.34. The van der Waals surface area contributed by atoms with Crippen molar-refractivity contribution in [3.63, 3.8) is 0 Å². The van der Waals surface area contributed by atoms with Crippen molar-refractivity contribution in [3.05, 3.63) is 35.4 Å². The van der Waals surface area contributed by atoms with Gasteiger partial charge >= 0.3 is 0 Å². The topological polar surface area (TPSA) is 26.7 Å². The van der Waals surface area contributed by atoms with E-state index in [1.165, 1.54) is 6.07 Å². The van der Waals surface area contributed by atoms with Crippen molar-refractivity contribution in [2.75, 3.05) is 39.3 Å². The third-order valence-corrected chi connectivity index (χ3v) is 3.54. The van der Waals surface area contributed by atoms with E-state index >= 15 is 0 Å². The largest absolute Gasteiger partial charge is 0.387 e. The quantitative estimate of drug-likeness (QED) is 0.841. The average Bonchev–Trinajstić information content (AvgIpc) is 2.41. The average molecular weight is 280 g/mol. The summed E-state index contributed by atoms with van der Waals surface area (Å²) in [4.78, 5) is 4.12. The van der Waals surface area contributed by atoms with Crippen LogP contribution in [-0.4, -0.2) is 54.2 Å². The van der Waals surface area contributed by atoms with Gasteiger partial charge < -0.3 is 5.11 Å². The predicted octanol–water partition coefficient (Wildman–Crippen LogP) is 1.25. The van der Waals surface area contributed by atoms with Gasteiger partial charge in [0.1, 0.15) is 11.6 Å². The van der Waals surface area contributed by atoms with Crippen molar-refractivity contribution in [2.45, 2.75) is 6.10 Å². The summed E-state index contributed by atoms with van der Waals surface area (Å²) in [6.45, 7) is 3.90. The summed E-state index contributed by atoms with van der Waals surface area (Å²) in [5.74, 6) is 1.18. The van der Waals surface area contributed by atoms with E-state index in [1.807, 2.05) is 4.90 Å². The lowest BCUT2D eigenvalue weighted by atomic mass is 10.1. The molecule has 1 heterocycles. The van der Waals surface area contributed by atoms with E-state index in [1.54, 1.807) is 0 Å². The van der Waals surface area contributed by atoms with E-state index in [0.717, 1.165) is 38.3 Å². The second kappa shape index (κ2) is 6.80. The van der Waals surface area contributed by atoms with Crippen LogP contribution in [0.5, 0.6) is 0 Å². The fourth-order valence-corrected chi connectivity index (χ4v) is 2.42. The minimum Gasteiger partial charge on any atom is -0.387 e. The second-order valence-corrected chi connectivity index (χ2v) is 4.93. The SMILES string of the molecule is C#CCN1CCN(CC(O)c2c(F)cccc2F)CC1. The molecule has 1 aliphatic heterocycles. The van der Waals surface area contributed by atoms with Crippen LogP contribution in [0.1, 0.15) is 11.7 Å². The molecular formula is C15H18F2N2O. The molecule has 0 aliphatic carbocycles. The molecule has 0 saturated carbocycles. The number of rotatable bonds is 4. The van der Waals surface area contributed by atoms with Gasteiger partial charge in [-0.3, -0.25) is 9.80 Å². The lowest BCUT2D eigenvalue weighted by molar-refractivity contribution is 0.0731. The smallest absolute Gasteiger partial charge is 0.131 e. The molecule has 5 heteroatoms. The first kappa shape index (κ1) is 14.9. The van der Waals surface area contributed by atoms with Crippen LogP contribution < -0.4 is 0 Å². The Kier molecular flexibility index (Phi) is 5.07. The van der Waals surface area contributed by atoms with Gasteiger partial charge in [-0.1, -0.05) is 12.0 Å². The maximum atomic E-state index is 13.6. The van der Waals surface area contributed by atoms with Crippen LogP contribution >= 0.6 is 0 Å². The molecule has 0 spiro atoms. The van der Waals surface area contributed by atoms with Gasteiger partial charge in [-0.15, -0.1) is 6.42 Å². The van der Waals surface area contributed by atoms with Crippen LogP contribution in [0.2, 0.25) is 0 Å². The molecule has 0 bridgehead atoms. The summed E-state index contributed by atoms with van der Waals surface area (Å²) in [6.07, 6.45) is 4.10. The number of aliphatic hydroxyl groups excluding tert-OH is 1. The molecule has 3 nitrogen and oxygen atoms in total. The first-order chi connectivity index (χ1) is 9.61. The van der Waals surface area contributed by atoms with E-state index in [4.69, 9.17) is 6.42 Å². The zero-order valence-electron chi connectivity index (χ0n) is 11.2. The minimum atomic E-state index is -1.16. The Balaban J connectivity index is 1.93. The highest BCUT2D eigenvalue weighted by molar-refractivity contribution is 5.22. The molecule has 108 valence electrons. The third-order valence-electron chi connectivity index (χ3n) is 3.54. The minimum absolute atomic E-state index is 0.224. The summed E-state index contributed by atoms with van der Waals surface area (Å²) < 4.78 is 27.1.